The van der Waals surface area contributed by atoms with E-state index in [0.717, 1.165) is 39.3 Å². The average molecular weight is 289 g/mol. The van der Waals surface area contributed by atoms with Crippen molar-refractivity contribution in [3.05, 3.63) is 35.9 Å². The summed E-state index contributed by atoms with van der Waals surface area (Å²) < 4.78 is 0. The molecule has 0 aliphatic carbocycles. The van der Waals surface area contributed by atoms with E-state index < -0.39 is 0 Å². The highest BCUT2D eigenvalue weighted by Crippen LogP contribution is 2.15. The normalized spacial score (nSPS) is 28.0. The molecule has 4 heteroatoms. The van der Waals surface area contributed by atoms with Gasteiger partial charge in [0.1, 0.15) is 0 Å². The lowest BCUT2D eigenvalue weighted by Gasteiger charge is -2.33. The van der Waals surface area contributed by atoms with Crippen LogP contribution in [-0.4, -0.2) is 54.9 Å². The van der Waals surface area contributed by atoms with Crippen LogP contribution in [0.25, 0.3) is 0 Å². The van der Waals surface area contributed by atoms with Crippen LogP contribution in [0.15, 0.2) is 30.3 Å². The number of likely N-dealkylation sites (tertiary alicyclic amines) is 1. The highest BCUT2D eigenvalue weighted by Gasteiger charge is 2.26. The molecule has 1 aromatic rings. The van der Waals surface area contributed by atoms with E-state index in [1.165, 1.54) is 18.4 Å². The van der Waals surface area contributed by atoms with E-state index in [0.29, 0.717) is 12.0 Å². The molecule has 2 aliphatic rings. The molecule has 0 spiro atoms. The van der Waals surface area contributed by atoms with Gasteiger partial charge in [-0.1, -0.05) is 30.3 Å². The molecule has 21 heavy (non-hydrogen) atoms. The first-order valence-corrected chi connectivity index (χ1v) is 8.20. The van der Waals surface area contributed by atoms with Gasteiger partial charge in [-0.15, -0.1) is 0 Å². The first-order chi connectivity index (χ1) is 10.3. The van der Waals surface area contributed by atoms with E-state index in [9.17, 15) is 5.11 Å². The molecular weight excluding hydrogens is 262 g/mol. The van der Waals surface area contributed by atoms with Gasteiger partial charge in [0, 0.05) is 38.1 Å². The Morgan fingerprint density at radius 1 is 1.14 bits per heavy atom. The van der Waals surface area contributed by atoms with Crippen LogP contribution >= 0.6 is 0 Å². The fraction of sp³-hybridized carbons (Fsp3) is 0.647. The summed E-state index contributed by atoms with van der Waals surface area (Å²) in [7, 11) is 0. The van der Waals surface area contributed by atoms with Crippen LogP contribution in [0.2, 0.25) is 0 Å². The zero-order valence-corrected chi connectivity index (χ0v) is 12.7. The van der Waals surface area contributed by atoms with Crippen LogP contribution in [0.1, 0.15) is 18.4 Å². The van der Waals surface area contributed by atoms with Crippen molar-refractivity contribution in [1.29, 1.82) is 0 Å². The molecule has 2 heterocycles. The van der Waals surface area contributed by atoms with Crippen LogP contribution in [0.4, 0.5) is 0 Å². The minimum absolute atomic E-state index is 0.171. The molecule has 2 atom stereocenters. The summed E-state index contributed by atoms with van der Waals surface area (Å²) in [6.07, 6.45) is 2.25. The van der Waals surface area contributed by atoms with E-state index in [4.69, 9.17) is 0 Å². The van der Waals surface area contributed by atoms with Gasteiger partial charge in [-0.2, -0.15) is 0 Å². The molecule has 0 saturated carbocycles. The Hall–Kier alpha value is -0.940. The van der Waals surface area contributed by atoms with Crippen LogP contribution in [0.3, 0.4) is 0 Å². The van der Waals surface area contributed by atoms with Crippen LogP contribution in [0.5, 0.6) is 0 Å². The molecule has 2 aliphatic heterocycles. The van der Waals surface area contributed by atoms with Crippen LogP contribution in [-0.2, 0) is 6.54 Å². The van der Waals surface area contributed by atoms with E-state index in [1.807, 2.05) is 0 Å². The Labute approximate surface area is 127 Å². The maximum Gasteiger partial charge on any atom is 0.0716 e. The first-order valence-electron chi connectivity index (χ1n) is 8.20. The SMILES string of the molecule is OC1CNCC1CNC1CCN(Cc2ccccc2)CC1. The minimum atomic E-state index is -0.171. The van der Waals surface area contributed by atoms with Gasteiger partial charge in [0.05, 0.1) is 6.10 Å². The lowest BCUT2D eigenvalue weighted by Crippen LogP contribution is -2.44. The fourth-order valence-corrected chi connectivity index (χ4v) is 3.38. The number of nitrogens with one attached hydrogen (secondary N) is 2. The maximum absolute atomic E-state index is 9.81. The van der Waals surface area contributed by atoms with Crippen molar-refractivity contribution in [3.63, 3.8) is 0 Å². The van der Waals surface area contributed by atoms with Gasteiger partial charge in [-0.25, -0.2) is 0 Å². The molecule has 2 fully saturated rings. The predicted octanol–water partition coefficient (Wildman–Crippen LogP) is 0.821. The summed E-state index contributed by atoms with van der Waals surface area (Å²) >= 11 is 0. The molecule has 0 amide bonds. The van der Waals surface area contributed by atoms with Gasteiger partial charge in [-0.3, -0.25) is 4.90 Å². The van der Waals surface area contributed by atoms with E-state index in [-0.39, 0.29) is 6.10 Å². The Morgan fingerprint density at radius 2 is 1.90 bits per heavy atom. The number of β-amino-alcohol motifs (C(OH)–C–C–N with tert-alkyl or cyclic N) is 1. The lowest BCUT2D eigenvalue weighted by atomic mass is 10.0. The Bertz CT molecular complexity index is 417. The number of piperidine rings is 1. The smallest absolute Gasteiger partial charge is 0.0716 e. The van der Waals surface area contributed by atoms with Crippen molar-refractivity contribution >= 4 is 0 Å². The molecule has 2 unspecified atom stereocenters. The van der Waals surface area contributed by atoms with Gasteiger partial charge in [0.2, 0.25) is 0 Å². The highest BCUT2D eigenvalue weighted by atomic mass is 16.3. The molecule has 3 rings (SSSR count). The monoisotopic (exact) mass is 289 g/mol. The summed E-state index contributed by atoms with van der Waals surface area (Å²) in [6.45, 7) is 6.04. The number of aliphatic hydroxyl groups is 1. The summed E-state index contributed by atoms with van der Waals surface area (Å²) in [4.78, 5) is 2.54. The van der Waals surface area contributed by atoms with E-state index in [1.54, 1.807) is 0 Å². The summed E-state index contributed by atoms with van der Waals surface area (Å²) in [6, 6.07) is 11.3. The number of aliphatic hydroxyl groups excluding tert-OH is 1. The number of benzene rings is 1. The maximum atomic E-state index is 9.81. The standard InChI is InChI=1S/C17H27N3O/c21-17-12-18-10-15(17)11-19-16-6-8-20(9-7-16)13-14-4-2-1-3-5-14/h1-5,15-19,21H,6-13H2. The third kappa shape index (κ3) is 4.27. The van der Waals surface area contributed by atoms with Gasteiger partial charge < -0.3 is 15.7 Å². The highest BCUT2D eigenvalue weighted by molar-refractivity contribution is 5.14. The zero-order valence-electron chi connectivity index (χ0n) is 12.7. The predicted molar refractivity (Wildman–Crippen MR) is 85.1 cm³/mol. The van der Waals surface area contributed by atoms with Crippen molar-refractivity contribution < 1.29 is 5.11 Å². The number of nitrogens with zero attached hydrogens (tertiary/aromatic N) is 1. The number of hydrogen-bond donors (Lipinski definition) is 3. The number of hydrogen-bond acceptors (Lipinski definition) is 4. The van der Waals surface area contributed by atoms with Gasteiger partial charge in [0.15, 0.2) is 0 Å². The molecule has 4 nitrogen and oxygen atoms in total. The average Bonchev–Trinajstić information content (AvgIpc) is 2.93. The lowest BCUT2D eigenvalue weighted by molar-refractivity contribution is 0.137. The van der Waals surface area contributed by atoms with E-state index >= 15 is 0 Å². The molecule has 0 radical (unpaired) electrons. The molecule has 116 valence electrons. The largest absolute Gasteiger partial charge is 0.391 e. The second kappa shape index (κ2) is 7.36. The summed E-state index contributed by atoms with van der Waals surface area (Å²) in [5, 5.41) is 16.7. The topological polar surface area (TPSA) is 47.5 Å². The van der Waals surface area contributed by atoms with Crippen molar-refractivity contribution in [2.45, 2.75) is 31.5 Å². The minimum Gasteiger partial charge on any atom is -0.391 e. The summed E-state index contributed by atoms with van der Waals surface area (Å²) in [5.74, 6) is 0.382. The second-order valence-corrected chi connectivity index (χ2v) is 6.43. The molecule has 1 aromatic carbocycles. The molecule has 0 bridgehead atoms. The van der Waals surface area contributed by atoms with Crippen LogP contribution in [0, 0.1) is 5.92 Å². The fourth-order valence-electron chi connectivity index (χ4n) is 3.38. The quantitative estimate of drug-likeness (QED) is 0.751. The zero-order chi connectivity index (χ0) is 14.5. The molecule has 0 aromatic heterocycles. The van der Waals surface area contributed by atoms with Gasteiger partial charge >= 0.3 is 0 Å². The first kappa shape index (κ1) is 15.0. The van der Waals surface area contributed by atoms with Gasteiger partial charge in [0.25, 0.3) is 0 Å². The van der Waals surface area contributed by atoms with Gasteiger partial charge in [-0.05, 0) is 31.5 Å². The van der Waals surface area contributed by atoms with Crippen molar-refractivity contribution in [2.75, 3.05) is 32.7 Å². The molecule has 2 saturated heterocycles. The Kier molecular flexibility index (Phi) is 5.25. The van der Waals surface area contributed by atoms with Crippen molar-refractivity contribution in [3.8, 4) is 0 Å². The van der Waals surface area contributed by atoms with Crippen LogP contribution < -0.4 is 10.6 Å². The van der Waals surface area contributed by atoms with E-state index in [2.05, 4.69) is 45.9 Å². The summed E-state index contributed by atoms with van der Waals surface area (Å²) in [5.41, 5.74) is 1.41. The number of rotatable bonds is 5. The van der Waals surface area contributed by atoms with Crippen molar-refractivity contribution in [2.24, 2.45) is 5.92 Å². The third-order valence-electron chi connectivity index (χ3n) is 4.81. The van der Waals surface area contributed by atoms with Crippen molar-refractivity contribution in [1.82, 2.24) is 15.5 Å². The molecule has 3 N–H and O–H groups in total. The third-order valence-corrected chi connectivity index (χ3v) is 4.81. The Morgan fingerprint density at radius 3 is 2.57 bits per heavy atom. The molecular formula is C17H27N3O. The Balaban J connectivity index is 1.37. The second-order valence-electron chi connectivity index (χ2n) is 6.43.